The fraction of sp³-hybridized carbons (Fsp3) is 0.158. The van der Waals surface area contributed by atoms with E-state index >= 15 is 0 Å². The Bertz CT molecular complexity index is 1030. The van der Waals surface area contributed by atoms with Crippen molar-refractivity contribution in [1.82, 2.24) is 10.3 Å². The molecule has 3 N–H and O–H groups in total. The van der Waals surface area contributed by atoms with Crippen LogP contribution in [-0.4, -0.2) is 29.3 Å². The summed E-state index contributed by atoms with van der Waals surface area (Å²) in [7, 11) is 0. The molecule has 0 aliphatic rings. The minimum Gasteiger partial charge on any atom is -0.459 e. The first kappa shape index (κ1) is 20.7. The van der Waals surface area contributed by atoms with Crippen LogP contribution in [0.4, 0.5) is 10.8 Å². The van der Waals surface area contributed by atoms with Crippen LogP contribution in [0.25, 0.3) is 0 Å². The third kappa shape index (κ3) is 6.00. The van der Waals surface area contributed by atoms with Gasteiger partial charge in [0, 0.05) is 15.5 Å². The maximum atomic E-state index is 12.1. The van der Waals surface area contributed by atoms with Crippen LogP contribution >= 0.6 is 27.3 Å². The Morgan fingerprint density at radius 2 is 2.00 bits per heavy atom. The predicted octanol–water partition coefficient (Wildman–Crippen LogP) is 3.36. The molecule has 8 nitrogen and oxygen atoms in total. The Morgan fingerprint density at radius 1 is 1.17 bits per heavy atom. The van der Waals surface area contributed by atoms with Gasteiger partial charge in [-0.25, -0.2) is 4.98 Å². The number of aryl methyl sites for hydroxylation is 1. The van der Waals surface area contributed by atoms with Crippen molar-refractivity contribution in [3.8, 4) is 0 Å². The number of carbonyl (C=O) groups is 3. The summed E-state index contributed by atoms with van der Waals surface area (Å²) in [5.74, 6) is -0.919. The number of benzene rings is 1. The fourth-order valence-electron chi connectivity index (χ4n) is 2.35. The van der Waals surface area contributed by atoms with Crippen LogP contribution in [0.15, 0.2) is 50.9 Å². The molecule has 0 aliphatic heterocycles. The molecule has 0 unspecified atom stereocenters. The van der Waals surface area contributed by atoms with Gasteiger partial charge in [-0.2, -0.15) is 0 Å². The van der Waals surface area contributed by atoms with E-state index < -0.39 is 5.91 Å². The summed E-state index contributed by atoms with van der Waals surface area (Å²) < 4.78 is 5.96. The predicted molar refractivity (Wildman–Crippen MR) is 113 cm³/mol. The molecule has 0 saturated carbocycles. The smallest absolute Gasteiger partial charge is 0.293 e. The molecular formula is C19H17BrN4O4S. The van der Waals surface area contributed by atoms with Gasteiger partial charge in [0.05, 0.1) is 24.9 Å². The average Bonchev–Trinajstić information content (AvgIpc) is 3.35. The van der Waals surface area contributed by atoms with E-state index in [-0.39, 0.29) is 30.5 Å². The van der Waals surface area contributed by atoms with Crippen LogP contribution in [-0.2, 0) is 16.0 Å². The lowest BCUT2D eigenvalue weighted by Gasteiger charge is -2.08. The lowest BCUT2D eigenvalue weighted by molar-refractivity contribution is -0.123. The van der Waals surface area contributed by atoms with Crippen molar-refractivity contribution in [1.29, 1.82) is 0 Å². The van der Waals surface area contributed by atoms with Crippen LogP contribution in [0.5, 0.6) is 0 Å². The summed E-state index contributed by atoms with van der Waals surface area (Å²) in [6, 6.07) is 8.59. The van der Waals surface area contributed by atoms with Gasteiger partial charge in [-0.1, -0.05) is 15.9 Å². The quantitative estimate of drug-likeness (QED) is 0.483. The highest BCUT2D eigenvalue weighted by atomic mass is 79.9. The second-order valence-corrected chi connectivity index (χ2v) is 7.75. The summed E-state index contributed by atoms with van der Waals surface area (Å²) in [6.45, 7) is 1.76. The summed E-state index contributed by atoms with van der Waals surface area (Å²) in [6.07, 6.45) is 1.40. The molecule has 0 radical (unpaired) electrons. The van der Waals surface area contributed by atoms with Crippen molar-refractivity contribution in [2.24, 2.45) is 0 Å². The number of rotatable bonds is 7. The van der Waals surface area contributed by atoms with Gasteiger partial charge in [0.1, 0.15) is 0 Å². The van der Waals surface area contributed by atoms with Crippen LogP contribution in [0.3, 0.4) is 0 Å². The SMILES string of the molecule is Cc1cc(NC(=O)CNC(=O)Cc2csc(NC(=O)c3ccco3)n2)ccc1Br. The molecule has 3 rings (SSSR count). The number of aromatic nitrogens is 1. The van der Waals surface area contributed by atoms with Crippen molar-refractivity contribution >= 4 is 55.8 Å². The molecule has 0 fully saturated rings. The van der Waals surface area contributed by atoms with Gasteiger partial charge < -0.3 is 15.1 Å². The molecule has 3 aromatic rings. The van der Waals surface area contributed by atoms with Crippen LogP contribution in [0, 0.1) is 6.92 Å². The Morgan fingerprint density at radius 3 is 2.72 bits per heavy atom. The van der Waals surface area contributed by atoms with Crippen molar-refractivity contribution in [2.45, 2.75) is 13.3 Å². The standard InChI is InChI=1S/C19H17BrN4O4S/c1-11-7-12(4-5-14(11)20)22-17(26)9-21-16(25)8-13-10-29-19(23-13)24-18(27)15-3-2-6-28-15/h2-7,10H,8-9H2,1H3,(H,21,25)(H,22,26)(H,23,24,27). The summed E-state index contributed by atoms with van der Waals surface area (Å²) >= 11 is 4.60. The summed E-state index contributed by atoms with van der Waals surface area (Å²) in [4.78, 5) is 40.1. The number of hydrogen-bond donors (Lipinski definition) is 3. The van der Waals surface area contributed by atoms with Crippen molar-refractivity contribution < 1.29 is 18.8 Å². The molecule has 10 heteroatoms. The van der Waals surface area contributed by atoms with E-state index in [1.165, 1.54) is 23.7 Å². The number of halogens is 1. The zero-order valence-electron chi connectivity index (χ0n) is 15.3. The van der Waals surface area contributed by atoms with Gasteiger partial charge >= 0.3 is 0 Å². The van der Waals surface area contributed by atoms with Gasteiger partial charge in [0.25, 0.3) is 5.91 Å². The zero-order valence-corrected chi connectivity index (χ0v) is 17.7. The maximum absolute atomic E-state index is 12.1. The first-order chi connectivity index (χ1) is 13.9. The highest BCUT2D eigenvalue weighted by molar-refractivity contribution is 9.10. The number of thiazole rings is 1. The number of carbonyl (C=O) groups excluding carboxylic acids is 3. The highest BCUT2D eigenvalue weighted by Crippen LogP contribution is 2.20. The van der Waals surface area contributed by atoms with Crippen LogP contribution in [0.1, 0.15) is 21.8 Å². The second kappa shape index (κ2) is 9.48. The molecule has 1 aromatic carbocycles. The first-order valence-corrected chi connectivity index (χ1v) is 10.2. The average molecular weight is 477 g/mol. The van der Waals surface area contributed by atoms with E-state index in [1.807, 2.05) is 19.1 Å². The molecule has 2 heterocycles. The third-order valence-electron chi connectivity index (χ3n) is 3.75. The molecule has 3 amide bonds. The first-order valence-electron chi connectivity index (χ1n) is 8.52. The fourth-order valence-corrected chi connectivity index (χ4v) is 3.30. The van der Waals surface area contributed by atoms with E-state index in [2.05, 4.69) is 36.9 Å². The van der Waals surface area contributed by atoms with Gasteiger partial charge in [0.15, 0.2) is 10.9 Å². The zero-order chi connectivity index (χ0) is 20.8. The second-order valence-electron chi connectivity index (χ2n) is 6.04. The molecule has 0 spiro atoms. The maximum Gasteiger partial charge on any atom is 0.293 e. The van der Waals surface area contributed by atoms with E-state index in [4.69, 9.17) is 4.42 Å². The van der Waals surface area contributed by atoms with Gasteiger partial charge in [-0.3, -0.25) is 19.7 Å². The van der Waals surface area contributed by atoms with Crippen LogP contribution < -0.4 is 16.0 Å². The molecule has 0 atom stereocenters. The largest absolute Gasteiger partial charge is 0.459 e. The van der Waals surface area contributed by atoms with Crippen molar-refractivity contribution in [2.75, 3.05) is 17.2 Å². The number of furan rings is 1. The molecule has 0 saturated heterocycles. The molecule has 0 bridgehead atoms. The van der Waals surface area contributed by atoms with Gasteiger partial charge in [-0.05, 0) is 42.8 Å². The number of amides is 3. The van der Waals surface area contributed by atoms with Crippen molar-refractivity contribution in [3.05, 3.63) is 63.5 Å². The highest BCUT2D eigenvalue weighted by Gasteiger charge is 2.13. The van der Waals surface area contributed by atoms with E-state index in [1.54, 1.807) is 17.5 Å². The number of nitrogens with one attached hydrogen (secondary N) is 3. The Balaban J connectivity index is 1.44. The molecule has 29 heavy (non-hydrogen) atoms. The third-order valence-corrected chi connectivity index (χ3v) is 5.44. The number of hydrogen-bond acceptors (Lipinski definition) is 6. The van der Waals surface area contributed by atoms with Crippen molar-refractivity contribution in [3.63, 3.8) is 0 Å². The minimum absolute atomic E-state index is 0.00219. The van der Waals surface area contributed by atoms with E-state index in [0.717, 1.165) is 10.0 Å². The number of anilines is 2. The Hall–Kier alpha value is -2.98. The lowest BCUT2D eigenvalue weighted by Crippen LogP contribution is -2.33. The molecule has 150 valence electrons. The molecule has 0 aliphatic carbocycles. The van der Waals surface area contributed by atoms with Gasteiger partial charge in [0.2, 0.25) is 11.8 Å². The van der Waals surface area contributed by atoms with E-state index in [9.17, 15) is 14.4 Å². The monoisotopic (exact) mass is 476 g/mol. The Kier molecular flexibility index (Phi) is 6.78. The lowest BCUT2D eigenvalue weighted by atomic mass is 10.2. The molecule has 2 aromatic heterocycles. The summed E-state index contributed by atoms with van der Waals surface area (Å²) in [5, 5.41) is 9.90. The Labute approximate surface area is 178 Å². The summed E-state index contributed by atoms with van der Waals surface area (Å²) in [5.41, 5.74) is 2.14. The topological polar surface area (TPSA) is 113 Å². The van der Waals surface area contributed by atoms with E-state index in [0.29, 0.717) is 16.5 Å². The minimum atomic E-state index is -0.416. The van der Waals surface area contributed by atoms with Gasteiger partial charge in [-0.15, -0.1) is 11.3 Å². The normalized spacial score (nSPS) is 10.4. The van der Waals surface area contributed by atoms with Crippen LogP contribution in [0.2, 0.25) is 0 Å². The molecular weight excluding hydrogens is 460 g/mol. The number of nitrogens with zero attached hydrogens (tertiary/aromatic N) is 1.